The van der Waals surface area contributed by atoms with Crippen LogP contribution in [0, 0.1) is 0 Å². The van der Waals surface area contributed by atoms with Gasteiger partial charge in [-0.15, -0.1) is 11.3 Å². The third-order valence-electron chi connectivity index (χ3n) is 2.44. The lowest BCUT2D eigenvalue weighted by molar-refractivity contribution is 0.397. The van der Waals surface area contributed by atoms with E-state index in [4.69, 9.17) is 22.1 Å². The monoisotopic (exact) mass is 268 g/mol. The fraction of sp³-hybridized carbons (Fsp3) is 0.250. The van der Waals surface area contributed by atoms with Crippen LogP contribution in [0.25, 0.3) is 0 Å². The molecule has 2 aromatic rings. The van der Waals surface area contributed by atoms with E-state index in [0.29, 0.717) is 5.88 Å². The zero-order valence-electron chi connectivity index (χ0n) is 9.39. The first-order chi connectivity index (χ1) is 8.20. The number of nitrogens with two attached hydrogens (primary N) is 1. The number of hydrogen-bond donors (Lipinski definition) is 1. The SMILES string of the molecule is COc1ccc(CC(N)c2sccc2Cl)cn1. The van der Waals surface area contributed by atoms with Crippen molar-refractivity contribution < 1.29 is 4.74 Å². The van der Waals surface area contributed by atoms with Crippen LogP contribution in [-0.2, 0) is 6.42 Å². The van der Waals surface area contributed by atoms with Gasteiger partial charge in [0.15, 0.2) is 0 Å². The smallest absolute Gasteiger partial charge is 0.212 e. The highest BCUT2D eigenvalue weighted by atomic mass is 35.5. The van der Waals surface area contributed by atoms with Gasteiger partial charge in [0, 0.05) is 23.2 Å². The first-order valence-corrected chi connectivity index (χ1v) is 6.44. The molecule has 1 atom stereocenters. The number of rotatable bonds is 4. The largest absolute Gasteiger partial charge is 0.481 e. The van der Waals surface area contributed by atoms with Crippen molar-refractivity contribution in [1.82, 2.24) is 4.98 Å². The van der Waals surface area contributed by atoms with Crippen molar-refractivity contribution in [2.45, 2.75) is 12.5 Å². The summed E-state index contributed by atoms with van der Waals surface area (Å²) < 4.78 is 5.00. The minimum Gasteiger partial charge on any atom is -0.481 e. The Morgan fingerprint density at radius 3 is 2.82 bits per heavy atom. The summed E-state index contributed by atoms with van der Waals surface area (Å²) in [5.41, 5.74) is 7.18. The van der Waals surface area contributed by atoms with Crippen LogP contribution < -0.4 is 10.5 Å². The number of hydrogen-bond acceptors (Lipinski definition) is 4. The molecular formula is C12H13ClN2OS. The van der Waals surface area contributed by atoms with Crippen molar-refractivity contribution in [3.8, 4) is 5.88 Å². The van der Waals surface area contributed by atoms with Crippen LogP contribution >= 0.6 is 22.9 Å². The van der Waals surface area contributed by atoms with Crippen LogP contribution in [0.2, 0.25) is 5.02 Å². The van der Waals surface area contributed by atoms with E-state index in [2.05, 4.69) is 4.98 Å². The predicted molar refractivity (Wildman–Crippen MR) is 70.8 cm³/mol. The van der Waals surface area contributed by atoms with E-state index in [9.17, 15) is 0 Å². The molecule has 0 aliphatic heterocycles. The van der Waals surface area contributed by atoms with Crippen LogP contribution in [0.5, 0.6) is 5.88 Å². The highest BCUT2D eigenvalue weighted by Crippen LogP contribution is 2.29. The Labute approximate surface area is 109 Å². The number of ether oxygens (including phenoxy) is 1. The minimum absolute atomic E-state index is 0.0855. The van der Waals surface area contributed by atoms with E-state index >= 15 is 0 Å². The summed E-state index contributed by atoms with van der Waals surface area (Å²) in [6.45, 7) is 0. The molecule has 0 fully saturated rings. The summed E-state index contributed by atoms with van der Waals surface area (Å²) in [4.78, 5) is 5.16. The van der Waals surface area contributed by atoms with Gasteiger partial charge in [-0.1, -0.05) is 17.7 Å². The molecule has 17 heavy (non-hydrogen) atoms. The molecule has 2 N–H and O–H groups in total. The van der Waals surface area contributed by atoms with Gasteiger partial charge in [0.05, 0.1) is 12.1 Å². The second kappa shape index (κ2) is 5.49. The van der Waals surface area contributed by atoms with Gasteiger partial charge in [0.2, 0.25) is 5.88 Å². The molecule has 0 saturated carbocycles. The summed E-state index contributed by atoms with van der Waals surface area (Å²) in [7, 11) is 1.60. The molecule has 0 bridgehead atoms. The molecule has 0 amide bonds. The first-order valence-electron chi connectivity index (χ1n) is 5.18. The molecule has 3 nitrogen and oxygen atoms in total. The number of methoxy groups -OCH3 is 1. The molecule has 5 heteroatoms. The second-order valence-electron chi connectivity index (χ2n) is 3.65. The molecule has 0 spiro atoms. The summed E-state index contributed by atoms with van der Waals surface area (Å²) >= 11 is 7.63. The Balaban J connectivity index is 2.07. The topological polar surface area (TPSA) is 48.1 Å². The molecule has 2 heterocycles. The Bertz CT molecular complexity index is 484. The molecule has 0 aliphatic carbocycles. The predicted octanol–water partition coefficient (Wildman–Crippen LogP) is 3.05. The van der Waals surface area contributed by atoms with Gasteiger partial charge in [-0.05, 0) is 23.4 Å². The number of thiophene rings is 1. The van der Waals surface area contributed by atoms with E-state index in [1.807, 2.05) is 23.6 Å². The van der Waals surface area contributed by atoms with Gasteiger partial charge in [-0.25, -0.2) is 4.98 Å². The van der Waals surface area contributed by atoms with Crippen LogP contribution in [0.1, 0.15) is 16.5 Å². The lowest BCUT2D eigenvalue weighted by Crippen LogP contribution is -2.12. The summed E-state index contributed by atoms with van der Waals surface area (Å²) in [6.07, 6.45) is 2.50. The summed E-state index contributed by atoms with van der Waals surface area (Å²) in [5, 5.41) is 2.69. The molecule has 2 aromatic heterocycles. The molecule has 0 saturated heterocycles. The van der Waals surface area contributed by atoms with Gasteiger partial charge in [-0.2, -0.15) is 0 Å². The Hall–Kier alpha value is -1.10. The maximum Gasteiger partial charge on any atom is 0.212 e. The van der Waals surface area contributed by atoms with E-state index in [0.717, 1.165) is 21.9 Å². The maximum atomic E-state index is 6.11. The lowest BCUT2D eigenvalue weighted by atomic mass is 10.1. The molecule has 2 rings (SSSR count). The van der Waals surface area contributed by atoms with E-state index < -0.39 is 0 Å². The molecule has 0 radical (unpaired) electrons. The van der Waals surface area contributed by atoms with Gasteiger partial charge >= 0.3 is 0 Å². The van der Waals surface area contributed by atoms with Gasteiger partial charge in [-0.3, -0.25) is 0 Å². The molecule has 0 aromatic carbocycles. The van der Waals surface area contributed by atoms with Gasteiger partial charge < -0.3 is 10.5 Å². The minimum atomic E-state index is -0.0855. The van der Waals surface area contributed by atoms with Crippen LogP contribution in [0.15, 0.2) is 29.8 Å². The quantitative estimate of drug-likeness (QED) is 0.927. The van der Waals surface area contributed by atoms with Crippen molar-refractivity contribution in [3.63, 3.8) is 0 Å². The van der Waals surface area contributed by atoms with Crippen molar-refractivity contribution >= 4 is 22.9 Å². The maximum absolute atomic E-state index is 6.11. The molecule has 1 unspecified atom stereocenters. The highest BCUT2D eigenvalue weighted by molar-refractivity contribution is 7.10. The Kier molecular flexibility index (Phi) is 3.99. The zero-order valence-corrected chi connectivity index (χ0v) is 11.0. The van der Waals surface area contributed by atoms with Crippen molar-refractivity contribution in [3.05, 3.63) is 45.2 Å². The molecule has 0 aliphatic rings. The van der Waals surface area contributed by atoms with Gasteiger partial charge in [0.1, 0.15) is 0 Å². The lowest BCUT2D eigenvalue weighted by Gasteiger charge is -2.10. The third kappa shape index (κ3) is 2.97. The Morgan fingerprint density at radius 2 is 2.29 bits per heavy atom. The van der Waals surface area contributed by atoms with Crippen molar-refractivity contribution in [2.24, 2.45) is 5.73 Å². The third-order valence-corrected chi connectivity index (χ3v) is 3.93. The number of halogens is 1. The first kappa shape index (κ1) is 12.4. The molecular weight excluding hydrogens is 256 g/mol. The van der Waals surface area contributed by atoms with Crippen LogP contribution in [0.4, 0.5) is 0 Å². The second-order valence-corrected chi connectivity index (χ2v) is 5.01. The van der Waals surface area contributed by atoms with Crippen molar-refractivity contribution in [1.29, 1.82) is 0 Å². The normalized spacial score (nSPS) is 12.4. The summed E-state index contributed by atoms with van der Waals surface area (Å²) in [5.74, 6) is 0.608. The number of aromatic nitrogens is 1. The van der Waals surface area contributed by atoms with E-state index in [1.165, 1.54) is 0 Å². The Morgan fingerprint density at radius 1 is 1.47 bits per heavy atom. The fourth-order valence-corrected chi connectivity index (χ4v) is 2.77. The van der Waals surface area contributed by atoms with Crippen LogP contribution in [0.3, 0.4) is 0 Å². The van der Waals surface area contributed by atoms with Crippen LogP contribution in [-0.4, -0.2) is 12.1 Å². The average Bonchev–Trinajstić information content (AvgIpc) is 2.76. The fourth-order valence-electron chi connectivity index (χ4n) is 1.57. The average molecular weight is 269 g/mol. The van der Waals surface area contributed by atoms with Crippen molar-refractivity contribution in [2.75, 3.05) is 7.11 Å². The molecule has 90 valence electrons. The van der Waals surface area contributed by atoms with E-state index in [1.54, 1.807) is 24.6 Å². The zero-order chi connectivity index (χ0) is 12.3. The number of pyridine rings is 1. The summed E-state index contributed by atoms with van der Waals surface area (Å²) in [6, 6.07) is 5.58. The number of nitrogens with zero attached hydrogens (tertiary/aromatic N) is 1. The van der Waals surface area contributed by atoms with Gasteiger partial charge in [0.25, 0.3) is 0 Å². The van der Waals surface area contributed by atoms with E-state index in [-0.39, 0.29) is 6.04 Å². The standard InChI is InChI=1S/C12H13ClN2OS/c1-16-11-3-2-8(7-15-11)6-10(14)12-9(13)4-5-17-12/h2-5,7,10H,6,14H2,1H3. The highest BCUT2D eigenvalue weighted by Gasteiger charge is 2.12.